The van der Waals surface area contributed by atoms with E-state index in [-0.39, 0.29) is 5.12 Å². The van der Waals surface area contributed by atoms with Crippen molar-refractivity contribution in [2.24, 2.45) is 0 Å². The first kappa shape index (κ1) is 17.0. The maximum Gasteiger partial charge on any atom is 0.209 e. The van der Waals surface area contributed by atoms with Crippen LogP contribution >= 0.6 is 23.1 Å². The SMILES string of the molecule is CC(=O)SC1CCN(c2nccs2)CC1.CN(C)C=O. The maximum atomic E-state index is 11.0. The molecule has 0 radical (unpaired) electrons. The molecule has 1 saturated heterocycles. The molecule has 5 nitrogen and oxygen atoms in total. The number of nitrogens with zero attached hydrogens (tertiary/aromatic N) is 3. The van der Waals surface area contributed by atoms with E-state index < -0.39 is 0 Å². The van der Waals surface area contributed by atoms with Crippen LogP contribution in [0.2, 0.25) is 0 Å². The van der Waals surface area contributed by atoms with Crippen LogP contribution in [0.3, 0.4) is 0 Å². The summed E-state index contributed by atoms with van der Waals surface area (Å²) in [6, 6.07) is 0. The Morgan fingerprint density at radius 3 is 2.50 bits per heavy atom. The molecule has 0 spiro atoms. The molecule has 1 fully saturated rings. The fourth-order valence-corrected chi connectivity index (χ4v) is 3.38. The standard InChI is InChI=1S/C10H14N2OS2.C3H7NO/c1-8(13)15-9-2-5-12(6-3-9)10-11-4-7-14-10;1-4(2)3-5/h4,7,9H,2-3,5-6H2,1H3;3H,1-2H3. The van der Waals surface area contributed by atoms with Crippen molar-refractivity contribution in [3.8, 4) is 0 Å². The fourth-order valence-electron chi connectivity index (χ4n) is 1.77. The average Bonchev–Trinajstić information content (AvgIpc) is 2.93. The molecule has 20 heavy (non-hydrogen) atoms. The molecule has 0 N–H and O–H groups in total. The minimum absolute atomic E-state index is 0.239. The van der Waals surface area contributed by atoms with Crippen molar-refractivity contribution < 1.29 is 9.59 Å². The summed E-state index contributed by atoms with van der Waals surface area (Å²) in [5, 5.41) is 3.87. The first-order chi connectivity index (χ1) is 9.52. The number of thioether (sulfide) groups is 1. The van der Waals surface area contributed by atoms with Crippen LogP contribution in [-0.4, -0.2) is 53.8 Å². The van der Waals surface area contributed by atoms with Crippen molar-refractivity contribution in [1.82, 2.24) is 9.88 Å². The van der Waals surface area contributed by atoms with Gasteiger partial charge in [0.1, 0.15) is 0 Å². The van der Waals surface area contributed by atoms with E-state index in [2.05, 4.69) is 9.88 Å². The van der Waals surface area contributed by atoms with E-state index in [4.69, 9.17) is 0 Å². The molecule has 1 amide bonds. The molecule has 112 valence electrons. The van der Waals surface area contributed by atoms with Crippen LogP contribution in [0.1, 0.15) is 19.8 Å². The molecule has 0 unspecified atom stereocenters. The molecule has 2 heterocycles. The van der Waals surface area contributed by atoms with Crippen LogP contribution < -0.4 is 4.90 Å². The number of rotatable bonds is 3. The Bertz CT molecular complexity index is 402. The Hall–Kier alpha value is -1.08. The molecular formula is C13H21N3O2S2. The van der Waals surface area contributed by atoms with E-state index >= 15 is 0 Å². The molecule has 1 aliphatic rings. The molecule has 0 bridgehead atoms. The first-order valence-electron chi connectivity index (χ1n) is 6.46. The largest absolute Gasteiger partial charge is 0.351 e. The number of amides is 1. The zero-order valence-electron chi connectivity index (χ0n) is 12.1. The number of aromatic nitrogens is 1. The minimum Gasteiger partial charge on any atom is -0.351 e. The van der Waals surface area contributed by atoms with Gasteiger partial charge in [0, 0.05) is 50.9 Å². The van der Waals surface area contributed by atoms with Crippen LogP contribution in [0.15, 0.2) is 11.6 Å². The summed E-state index contributed by atoms with van der Waals surface area (Å²) in [7, 11) is 3.38. The van der Waals surface area contributed by atoms with Gasteiger partial charge in [0.15, 0.2) is 10.2 Å². The van der Waals surface area contributed by atoms with Crippen LogP contribution in [0.5, 0.6) is 0 Å². The molecule has 0 atom stereocenters. The zero-order chi connectivity index (χ0) is 15.0. The summed E-state index contributed by atoms with van der Waals surface area (Å²) in [5.74, 6) is 0. The summed E-state index contributed by atoms with van der Waals surface area (Å²) in [5.41, 5.74) is 0. The number of carbonyl (C=O) groups excluding carboxylic acids is 2. The molecule has 0 saturated carbocycles. The number of hydrogen-bond acceptors (Lipinski definition) is 6. The van der Waals surface area contributed by atoms with E-state index in [1.165, 1.54) is 16.7 Å². The molecule has 2 rings (SSSR count). The molecule has 1 aliphatic heterocycles. The van der Waals surface area contributed by atoms with E-state index in [0.29, 0.717) is 5.25 Å². The third-order valence-electron chi connectivity index (χ3n) is 2.68. The Morgan fingerprint density at radius 1 is 1.50 bits per heavy atom. The summed E-state index contributed by atoms with van der Waals surface area (Å²) >= 11 is 3.18. The van der Waals surface area contributed by atoms with Crippen LogP contribution in [0.4, 0.5) is 5.13 Å². The van der Waals surface area contributed by atoms with E-state index in [1.54, 1.807) is 32.4 Å². The second-order valence-electron chi connectivity index (χ2n) is 4.68. The number of carbonyl (C=O) groups is 2. The minimum atomic E-state index is 0.239. The van der Waals surface area contributed by atoms with E-state index in [0.717, 1.165) is 37.5 Å². The van der Waals surface area contributed by atoms with Crippen molar-refractivity contribution in [2.75, 3.05) is 32.1 Å². The number of thiazole rings is 1. The van der Waals surface area contributed by atoms with Gasteiger partial charge < -0.3 is 9.80 Å². The lowest BCUT2D eigenvalue weighted by molar-refractivity contribution is -0.116. The van der Waals surface area contributed by atoms with E-state index in [1.807, 2.05) is 11.6 Å². The summed E-state index contributed by atoms with van der Waals surface area (Å²) in [6.45, 7) is 3.70. The lowest BCUT2D eigenvalue weighted by atomic mass is 10.1. The van der Waals surface area contributed by atoms with E-state index in [9.17, 15) is 9.59 Å². The zero-order valence-corrected chi connectivity index (χ0v) is 13.7. The quantitative estimate of drug-likeness (QED) is 0.800. The van der Waals surface area contributed by atoms with Gasteiger partial charge in [0.2, 0.25) is 6.41 Å². The third-order valence-corrected chi connectivity index (χ3v) is 4.64. The highest BCUT2D eigenvalue weighted by Gasteiger charge is 2.21. The van der Waals surface area contributed by atoms with Gasteiger partial charge in [-0.25, -0.2) is 4.98 Å². The third kappa shape index (κ3) is 6.38. The van der Waals surface area contributed by atoms with Crippen molar-refractivity contribution in [3.63, 3.8) is 0 Å². The molecular weight excluding hydrogens is 294 g/mol. The highest BCUT2D eigenvalue weighted by atomic mass is 32.2. The van der Waals surface area contributed by atoms with Gasteiger partial charge in [-0.1, -0.05) is 11.8 Å². The topological polar surface area (TPSA) is 53.5 Å². The smallest absolute Gasteiger partial charge is 0.209 e. The summed E-state index contributed by atoms with van der Waals surface area (Å²) in [4.78, 5) is 28.4. The van der Waals surface area contributed by atoms with Crippen molar-refractivity contribution in [2.45, 2.75) is 25.0 Å². The molecule has 7 heteroatoms. The molecule has 1 aromatic heterocycles. The highest BCUT2D eigenvalue weighted by Crippen LogP contribution is 2.27. The Labute approximate surface area is 128 Å². The second kappa shape index (κ2) is 8.97. The van der Waals surface area contributed by atoms with Gasteiger partial charge in [-0.15, -0.1) is 11.3 Å². The van der Waals surface area contributed by atoms with Gasteiger partial charge in [-0.05, 0) is 12.8 Å². The first-order valence-corrected chi connectivity index (χ1v) is 8.22. The predicted molar refractivity (Wildman–Crippen MR) is 85.4 cm³/mol. The number of hydrogen-bond donors (Lipinski definition) is 0. The van der Waals surface area contributed by atoms with Gasteiger partial charge >= 0.3 is 0 Å². The molecule has 0 aliphatic carbocycles. The number of piperidine rings is 1. The summed E-state index contributed by atoms with van der Waals surface area (Å²) < 4.78 is 0. The van der Waals surface area contributed by atoms with Crippen LogP contribution in [0, 0.1) is 0 Å². The summed E-state index contributed by atoms with van der Waals surface area (Å²) in [6.07, 6.45) is 4.77. The number of anilines is 1. The molecule has 0 aromatic carbocycles. The van der Waals surface area contributed by atoms with Crippen LogP contribution in [0.25, 0.3) is 0 Å². The van der Waals surface area contributed by atoms with Crippen molar-refractivity contribution in [3.05, 3.63) is 11.6 Å². The van der Waals surface area contributed by atoms with Gasteiger partial charge in [0.25, 0.3) is 0 Å². The van der Waals surface area contributed by atoms with Crippen molar-refractivity contribution in [1.29, 1.82) is 0 Å². The average molecular weight is 315 g/mol. The predicted octanol–water partition coefficient (Wildman–Crippen LogP) is 2.10. The van der Waals surface area contributed by atoms with Gasteiger partial charge in [0.05, 0.1) is 0 Å². The Morgan fingerprint density at radius 2 is 2.10 bits per heavy atom. The Kier molecular flexibility index (Phi) is 7.61. The monoisotopic (exact) mass is 315 g/mol. The second-order valence-corrected chi connectivity index (χ2v) is 7.03. The lowest BCUT2D eigenvalue weighted by Gasteiger charge is -2.30. The van der Waals surface area contributed by atoms with Gasteiger partial charge in [-0.2, -0.15) is 0 Å². The molecule has 1 aromatic rings. The van der Waals surface area contributed by atoms with Crippen LogP contribution in [-0.2, 0) is 9.59 Å². The van der Waals surface area contributed by atoms with Gasteiger partial charge in [-0.3, -0.25) is 9.59 Å². The fraction of sp³-hybridized carbons (Fsp3) is 0.615. The lowest BCUT2D eigenvalue weighted by Crippen LogP contribution is -2.34. The Balaban J connectivity index is 0.000000347. The maximum absolute atomic E-state index is 11.0. The normalized spacial score (nSPS) is 15.2. The van der Waals surface area contributed by atoms with Crippen molar-refractivity contribution >= 4 is 39.8 Å². The highest BCUT2D eigenvalue weighted by molar-refractivity contribution is 8.14.